The first-order valence-electron chi connectivity index (χ1n) is 6.07. The molecule has 96 valence electrons. The van der Waals surface area contributed by atoms with Gasteiger partial charge in [0, 0.05) is 0 Å². The van der Waals surface area contributed by atoms with Crippen LogP contribution in [0.3, 0.4) is 0 Å². The fourth-order valence-corrected chi connectivity index (χ4v) is 13.0. The molecule has 0 aromatic rings. The summed E-state index contributed by atoms with van der Waals surface area (Å²) in [5.74, 6) is 0. The van der Waals surface area contributed by atoms with Gasteiger partial charge in [-0.1, -0.05) is 0 Å². The third kappa shape index (κ3) is 15.5. The molecule has 0 spiro atoms. The summed E-state index contributed by atoms with van der Waals surface area (Å²) < 4.78 is 5.06. The summed E-state index contributed by atoms with van der Waals surface area (Å²) in [6, 6.07) is 0. The van der Waals surface area contributed by atoms with Crippen LogP contribution in [0.2, 0.25) is 12.4 Å². The van der Waals surface area contributed by atoms with E-state index < -0.39 is 21.8 Å². The first-order chi connectivity index (χ1) is 6.35. The summed E-state index contributed by atoms with van der Waals surface area (Å²) in [5.41, 5.74) is 0. The maximum atomic E-state index is 2.33. The van der Waals surface area contributed by atoms with Crippen molar-refractivity contribution in [1.29, 1.82) is 0 Å². The molecule has 0 aliphatic carbocycles. The normalized spacial score (nSPS) is 9.60. The second kappa shape index (κ2) is 17.8. The van der Waals surface area contributed by atoms with Crippen molar-refractivity contribution < 1.29 is 0 Å². The number of halogens is 2. The Morgan fingerprint density at radius 1 is 0.600 bits per heavy atom. The summed E-state index contributed by atoms with van der Waals surface area (Å²) in [6.07, 6.45) is 8.86. The Kier molecular flexibility index (Phi) is 25.8. The van der Waals surface area contributed by atoms with Crippen molar-refractivity contribution in [3.05, 3.63) is 0 Å². The molecule has 15 heavy (non-hydrogen) atoms. The Hall–Kier alpha value is 1.46. The fourth-order valence-electron chi connectivity index (χ4n) is 1.48. The van der Waals surface area contributed by atoms with Crippen molar-refractivity contribution in [2.24, 2.45) is 0 Å². The van der Waals surface area contributed by atoms with E-state index in [0.29, 0.717) is 0 Å². The molecule has 0 rings (SSSR count). The fraction of sp³-hybridized carbons (Fsp3) is 1.00. The zero-order valence-electron chi connectivity index (χ0n) is 10.6. The van der Waals surface area contributed by atoms with Gasteiger partial charge in [-0.2, -0.15) is 0 Å². The number of unbranched alkanes of at least 4 members (excludes halogenated alkanes) is 3. The Bertz CT molecular complexity index is 80.6. The summed E-state index contributed by atoms with van der Waals surface area (Å²) in [4.78, 5) is 0. The van der Waals surface area contributed by atoms with Crippen LogP contribution in [-0.4, -0.2) is 21.8 Å². The van der Waals surface area contributed by atoms with E-state index in [2.05, 4.69) is 20.8 Å². The van der Waals surface area contributed by atoms with Crippen LogP contribution in [0.4, 0.5) is 0 Å². The zero-order chi connectivity index (χ0) is 9.94. The summed E-state index contributed by atoms with van der Waals surface area (Å²) >= 11 is -0.907. The maximum absolute atomic E-state index is 2.33. The average Bonchev–Trinajstić information content (AvgIpc) is 2.17. The molecule has 0 radical (unpaired) electrons. The van der Waals surface area contributed by atoms with Gasteiger partial charge in [-0.3, -0.25) is 0 Å². The standard InChI is InChI=1S/3C4H9.Bi.2ClH/c3*1-3-4-2;;;/h3*1,3-4H2,2H3;;2*1H. The molecule has 0 fully saturated rings. The Morgan fingerprint density at radius 2 is 0.867 bits per heavy atom. The topological polar surface area (TPSA) is 0 Å². The van der Waals surface area contributed by atoms with E-state index in [0.717, 1.165) is 0 Å². The molecule has 0 saturated carbocycles. The molecule has 0 saturated heterocycles. The summed E-state index contributed by atoms with van der Waals surface area (Å²) in [6.45, 7) is 7.00. The molecular weight excluding hydrogens is 424 g/mol. The van der Waals surface area contributed by atoms with Gasteiger partial charge in [-0.25, -0.2) is 0 Å². The number of hydrogen-bond acceptors (Lipinski definition) is 0. The molecule has 0 aromatic carbocycles. The second-order valence-corrected chi connectivity index (χ2v) is 14.3. The molecule has 0 atom stereocenters. The third-order valence-corrected chi connectivity index (χ3v) is 13.5. The van der Waals surface area contributed by atoms with Crippen LogP contribution < -0.4 is 0 Å². The zero-order valence-corrected chi connectivity index (χ0v) is 15.7. The van der Waals surface area contributed by atoms with E-state index in [1.54, 1.807) is 12.4 Å². The van der Waals surface area contributed by atoms with Gasteiger partial charge in [0.1, 0.15) is 0 Å². The minimum Gasteiger partial charge on any atom is -0.147 e. The molecule has 0 N–H and O–H groups in total. The molecule has 0 aliphatic rings. The minimum atomic E-state index is -0.907. The molecule has 0 unspecified atom stereocenters. The van der Waals surface area contributed by atoms with Crippen LogP contribution in [0.15, 0.2) is 0 Å². The SMILES string of the molecule is CCC[CH2][Bi]([CH2]CCC)[CH2]CCC.Cl.Cl. The quantitative estimate of drug-likeness (QED) is 0.392. The summed E-state index contributed by atoms with van der Waals surface area (Å²) in [5, 5.41) is 0. The van der Waals surface area contributed by atoms with E-state index in [4.69, 9.17) is 0 Å². The van der Waals surface area contributed by atoms with E-state index in [1.165, 1.54) is 38.5 Å². The molecule has 0 bridgehead atoms. The van der Waals surface area contributed by atoms with Crippen LogP contribution in [-0.2, 0) is 0 Å². The van der Waals surface area contributed by atoms with E-state index >= 15 is 0 Å². The molecular formula is C12H29BiCl2. The monoisotopic (exact) mass is 452 g/mol. The molecule has 3 heteroatoms. The van der Waals surface area contributed by atoms with Crippen LogP contribution >= 0.6 is 24.8 Å². The van der Waals surface area contributed by atoms with Crippen molar-refractivity contribution in [3.63, 3.8) is 0 Å². The molecule has 0 amide bonds. The van der Waals surface area contributed by atoms with Crippen molar-refractivity contribution in [2.45, 2.75) is 71.7 Å². The number of rotatable bonds is 9. The summed E-state index contributed by atoms with van der Waals surface area (Å²) in [7, 11) is 0. The van der Waals surface area contributed by atoms with Crippen LogP contribution in [0, 0.1) is 0 Å². The predicted molar refractivity (Wildman–Crippen MR) is 79.4 cm³/mol. The third-order valence-electron chi connectivity index (χ3n) is 2.48. The largest absolute Gasteiger partial charge is 0.147 e. The Labute approximate surface area is 117 Å². The Morgan fingerprint density at radius 3 is 1.07 bits per heavy atom. The molecule has 0 heterocycles. The van der Waals surface area contributed by atoms with E-state index in [-0.39, 0.29) is 24.8 Å². The van der Waals surface area contributed by atoms with Gasteiger partial charge < -0.3 is 0 Å². The first-order valence-corrected chi connectivity index (χ1v) is 13.4. The van der Waals surface area contributed by atoms with Gasteiger partial charge in [0.25, 0.3) is 0 Å². The van der Waals surface area contributed by atoms with E-state index in [9.17, 15) is 0 Å². The maximum Gasteiger partial charge on any atom is -0.147 e. The average molecular weight is 453 g/mol. The Balaban J connectivity index is -0.000000720. The van der Waals surface area contributed by atoms with Crippen molar-refractivity contribution >= 4 is 46.6 Å². The van der Waals surface area contributed by atoms with Crippen LogP contribution in [0.25, 0.3) is 0 Å². The van der Waals surface area contributed by atoms with Crippen molar-refractivity contribution in [2.75, 3.05) is 0 Å². The van der Waals surface area contributed by atoms with Gasteiger partial charge in [0.2, 0.25) is 0 Å². The van der Waals surface area contributed by atoms with Crippen LogP contribution in [0.5, 0.6) is 0 Å². The van der Waals surface area contributed by atoms with Gasteiger partial charge in [-0.15, -0.1) is 24.8 Å². The predicted octanol–water partition coefficient (Wildman–Crippen LogP) is 5.73. The van der Waals surface area contributed by atoms with Gasteiger partial charge in [-0.05, 0) is 0 Å². The smallest absolute Gasteiger partial charge is 0.147 e. The number of hydrogen-bond donors (Lipinski definition) is 0. The van der Waals surface area contributed by atoms with Crippen molar-refractivity contribution in [1.82, 2.24) is 0 Å². The molecule has 0 aliphatic heterocycles. The van der Waals surface area contributed by atoms with Gasteiger partial charge >= 0.3 is 93.4 Å². The second-order valence-electron chi connectivity index (χ2n) is 3.90. The molecule has 0 aromatic heterocycles. The minimum absolute atomic E-state index is 0. The van der Waals surface area contributed by atoms with Crippen molar-refractivity contribution in [3.8, 4) is 0 Å². The first kappa shape index (κ1) is 21.7. The van der Waals surface area contributed by atoms with E-state index in [1.807, 2.05) is 0 Å². The molecule has 0 nitrogen and oxygen atoms in total. The van der Waals surface area contributed by atoms with Crippen LogP contribution in [0.1, 0.15) is 59.3 Å². The van der Waals surface area contributed by atoms with Gasteiger partial charge in [0.05, 0.1) is 0 Å². The van der Waals surface area contributed by atoms with Gasteiger partial charge in [0.15, 0.2) is 0 Å².